The van der Waals surface area contributed by atoms with Crippen LogP contribution >= 0.6 is 23.2 Å². The van der Waals surface area contributed by atoms with Crippen LogP contribution in [0.15, 0.2) is 36.4 Å². The fraction of sp³-hybridized carbons (Fsp3) is 0.0714. The average molecular weight is 295 g/mol. The molecule has 5 heteroatoms. The number of carbonyl (C=O) groups excluding carboxylic acids is 1. The van der Waals surface area contributed by atoms with Gasteiger partial charge in [0.05, 0.1) is 10.7 Å². The molecule has 98 valence electrons. The second-order valence-electron chi connectivity index (χ2n) is 4.15. The van der Waals surface area contributed by atoms with E-state index >= 15 is 0 Å². The molecule has 0 bridgehead atoms. The van der Waals surface area contributed by atoms with E-state index in [1.54, 1.807) is 36.4 Å². The van der Waals surface area contributed by atoms with Crippen molar-refractivity contribution in [1.82, 2.24) is 0 Å². The average Bonchev–Trinajstić information content (AvgIpc) is 2.37. The third-order valence-corrected chi connectivity index (χ3v) is 3.43. The Hall–Kier alpha value is -1.71. The van der Waals surface area contributed by atoms with Gasteiger partial charge in [0.1, 0.15) is 0 Å². The van der Waals surface area contributed by atoms with Crippen LogP contribution in [-0.2, 0) is 0 Å². The number of nitrogen functional groups attached to an aromatic ring is 1. The quantitative estimate of drug-likeness (QED) is 0.818. The van der Waals surface area contributed by atoms with Gasteiger partial charge in [-0.25, -0.2) is 0 Å². The highest BCUT2D eigenvalue weighted by molar-refractivity contribution is 6.33. The second kappa shape index (κ2) is 5.51. The fourth-order valence-corrected chi connectivity index (χ4v) is 1.90. The minimum absolute atomic E-state index is 0.247. The third-order valence-electron chi connectivity index (χ3n) is 2.69. The van der Waals surface area contributed by atoms with Crippen molar-refractivity contribution >= 4 is 40.5 Å². The summed E-state index contributed by atoms with van der Waals surface area (Å²) in [5.41, 5.74) is 8.07. The van der Waals surface area contributed by atoms with Gasteiger partial charge in [-0.1, -0.05) is 29.3 Å². The molecule has 2 aromatic carbocycles. The summed E-state index contributed by atoms with van der Waals surface area (Å²) < 4.78 is 0. The zero-order valence-electron chi connectivity index (χ0n) is 10.2. The van der Waals surface area contributed by atoms with Crippen molar-refractivity contribution in [1.29, 1.82) is 0 Å². The van der Waals surface area contributed by atoms with Crippen LogP contribution in [-0.4, -0.2) is 5.91 Å². The van der Waals surface area contributed by atoms with Crippen molar-refractivity contribution in [2.45, 2.75) is 6.92 Å². The van der Waals surface area contributed by atoms with Gasteiger partial charge < -0.3 is 11.1 Å². The standard InChI is InChI=1S/C14H12Cl2N2O/c1-8-2-3-9(6-11(8)15)14(19)18-10-4-5-13(17)12(16)7-10/h2-7H,17H2,1H3,(H,18,19). The second-order valence-corrected chi connectivity index (χ2v) is 4.97. The van der Waals surface area contributed by atoms with Gasteiger partial charge in [0.15, 0.2) is 0 Å². The minimum atomic E-state index is -0.247. The van der Waals surface area contributed by atoms with Gasteiger partial charge >= 0.3 is 0 Å². The number of anilines is 2. The maximum Gasteiger partial charge on any atom is 0.255 e. The SMILES string of the molecule is Cc1ccc(C(=O)Nc2ccc(N)c(Cl)c2)cc1Cl. The molecule has 19 heavy (non-hydrogen) atoms. The number of carbonyl (C=O) groups is 1. The van der Waals surface area contributed by atoms with Gasteiger partial charge in [-0.15, -0.1) is 0 Å². The first-order valence-corrected chi connectivity index (χ1v) is 6.35. The Balaban J connectivity index is 2.20. The zero-order valence-corrected chi connectivity index (χ0v) is 11.7. The highest BCUT2D eigenvalue weighted by atomic mass is 35.5. The Morgan fingerprint density at radius 3 is 2.47 bits per heavy atom. The predicted octanol–water partition coefficient (Wildman–Crippen LogP) is 4.14. The highest BCUT2D eigenvalue weighted by Crippen LogP contribution is 2.23. The normalized spacial score (nSPS) is 10.3. The summed E-state index contributed by atoms with van der Waals surface area (Å²) in [7, 11) is 0. The number of nitrogens with one attached hydrogen (secondary N) is 1. The van der Waals surface area contributed by atoms with Crippen LogP contribution in [0.4, 0.5) is 11.4 Å². The van der Waals surface area contributed by atoms with Crippen LogP contribution in [0, 0.1) is 6.92 Å². The topological polar surface area (TPSA) is 55.1 Å². The Morgan fingerprint density at radius 1 is 1.11 bits per heavy atom. The molecule has 0 spiro atoms. The van der Waals surface area contributed by atoms with Crippen LogP contribution in [0.3, 0.4) is 0 Å². The van der Waals surface area contributed by atoms with Gasteiger partial charge in [-0.2, -0.15) is 0 Å². The summed E-state index contributed by atoms with van der Waals surface area (Å²) in [5.74, 6) is -0.247. The van der Waals surface area contributed by atoms with Gasteiger partial charge in [0.2, 0.25) is 0 Å². The third kappa shape index (κ3) is 3.19. The van der Waals surface area contributed by atoms with Crippen LogP contribution in [0.2, 0.25) is 10.0 Å². The first-order chi connectivity index (χ1) is 8.97. The number of nitrogens with two attached hydrogens (primary N) is 1. The van der Waals surface area contributed by atoms with Crippen molar-refractivity contribution in [2.75, 3.05) is 11.1 Å². The van der Waals surface area contributed by atoms with Gasteiger partial charge in [0.25, 0.3) is 5.91 Å². The summed E-state index contributed by atoms with van der Waals surface area (Å²) in [6.45, 7) is 1.88. The fourth-order valence-electron chi connectivity index (χ4n) is 1.54. The first-order valence-electron chi connectivity index (χ1n) is 5.60. The van der Waals surface area contributed by atoms with Gasteiger partial charge in [0, 0.05) is 16.3 Å². The van der Waals surface area contributed by atoms with E-state index in [9.17, 15) is 4.79 Å². The number of amides is 1. The largest absolute Gasteiger partial charge is 0.398 e. The highest BCUT2D eigenvalue weighted by Gasteiger charge is 2.08. The van der Waals surface area contributed by atoms with Crippen LogP contribution in [0.5, 0.6) is 0 Å². The number of halogens is 2. The van der Waals surface area contributed by atoms with E-state index in [0.717, 1.165) is 5.56 Å². The maximum absolute atomic E-state index is 12.0. The summed E-state index contributed by atoms with van der Waals surface area (Å²) in [4.78, 5) is 12.0. The number of benzene rings is 2. The molecule has 0 aliphatic carbocycles. The summed E-state index contributed by atoms with van der Waals surface area (Å²) in [5, 5.41) is 3.70. The molecule has 0 fully saturated rings. The lowest BCUT2D eigenvalue weighted by Gasteiger charge is -2.07. The van der Waals surface area contributed by atoms with E-state index in [0.29, 0.717) is 27.0 Å². The Labute approximate surface area is 121 Å². The molecule has 3 nitrogen and oxygen atoms in total. The smallest absolute Gasteiger partial charge is 0.255 e. The Morgan fingerprint density at radius 2 is 1.84 bits per heavy atom. The summed E-state index contributed by atoms with van der Waals surface area (Å²) in [6, 6.07) is 10.1. The van der Waals surface area contributed by atoms with Gasteiger partial charge in [-0.3, -0.25) is 4.79 Å². The molecule has 0 saturated carbocycles. The molecule has 0 atom stereocenters. The molecule has 0 saturated heterocycles. The van der Waals surface area contributed by atoms with Crippen molar-refractivity contribution < 1.29 is 4.79 Å². The van der Waals surface area contributed by atoms with Gasteiger partial charge in [-0.05, 0) is 42.8 Å². The van der Waals surface area contributed by atoms with Crippen molar-refractivity contribution in [3.8, 4) is 0 Å². The summed E-state index contributed by atoms with van der Waals surface area (Å²) >= 11 is 11.9. The zero-order chi connectivity index (χ0) is 14.0. The molecule has 0 aliphatic rings. The lowest BCUT2D eigenvalue weighted by atomic mass is 10.1. The van der Waals surface area contributed by atoms with Crippen LogP contribution < -0.4 is 11.1 Å². The monoisotopic (exact) mass is 294 g/mol. The lowest BCUT2D eigenvalue weighted by Crippen LogP contribution is -2.12. The number of hydrogen-bond acceptors (Lipinski definition) is 2. The van der Waals surface area contributed by atoms with Crippen molar-refractivity contribution in [3.05, 3.63) is 57.6 Å². The minimum Gasteiger partial charge on any atom is -0.398 e. The summed E-state index contributed by atoms with van der Waals surface area (Å²) in [6.07, 6.45) is 0. The van der Waals surface area contributed by atoms with E-state index in [2.05, 4.69) is 5.32 Å². The Kier molecular flexibility index (Phi) is 3.98. The molecule has 3 N–H and O–H groups in total. The van der Waals surface area contributed by atoms with Crippen LogP contribution in [0.1, 0.15) is 15.9 Å². The number of rotatable bonds is 2. The molecular formula is C14H12Cl2N2O. The predicted molar refractivity (Wildman–Crippen MR) is 80.0 cm³/mol. The van der Waals surface area contributed by atoms with E-state index in [-0.39, 0.29) is 5.91 Å². The molecule has 0 aromatic heterocycles. The molecule has 0 aliphatic heterocycles. The van der Waals surface area contributed by atoms with Crippen molar-refractivity contribution in [3.63, 3.8) is 0 Å². The molecule has 0 radical (unpaired) electrons. The molecular weight excluding hydrogens is 283 g/mol. The number of aryl methyl sites for hydroxylation is 1. The van der Waals surface area contributed by atoms with E-state index in [1.807, 2.05) is 6.92 Å². The molecule has 2 rings (SSSR count). The van der Waals surface area contributed by atoms with Crippen molar-refractivity contribution in [2.24, 2.45) is 0 Å². The first kappa shape index (κ1) is 13.7. The molecule has 1 amide bonds. The molecule has 0 unspecified atom stereocenters. The molecule has 2 aromatic rings. The lowest BCUT2D eigenvalue weighted by molar-refractivity contribution is 0.102. The molecule has 0 heterocycles. The van der Waals surface area contributed by atoms with E-state index in [1.165, 1.54) is 0 Å². The van der Waals surface area contributed by atoms with E-state index < -0.39 is 0 Å². The number of hydrogen-bond donors (Lipinski definition) is 2. The Bertz CT molecular complexity index is 641. The maximum atomic E-state index is 12.0. The van der Waals surface area contributed by atoms with Crippen LogP contribution in [0.25, 0.3) is 0 Å². The van der Waals surface area contributed by atoms with E-state index in [4.69, 9.17) is 28.9 Å².